The number of halogens is 2. The fourth-order valence-corrected chi connectivity index (χ4v) is 2.40. The van der Waals surface area contributed by atoms with Gasteiger partial charge in [-0.25, -0.2) is 8.78 Å². The monoisotopic (exact) mass is 255 g/mol. The molecule has 1 heterocycles. The van der Waals surface area contributed by atoms with Gasteiger partial charge in [-0.3, -0.25) is 9.69 Å². The van der Waals surface area contributed by atoms with Crippen molar-refractivity contribution < 1.29 is 18.7 Å². The van der Waals surface area contributed by atoms with Crippen LogP contribution in [0.3, 0.4) is 0 Å². The first-order valence-electron chi connectivity index (χ1n) is 5.85. The summed E-state index contributed by atoms with van der Waals surface area (Å²) in [6, 6.07) is 9.46. The third-order valence-electron chi connectivity index (χ3n) is 3.33. The molecule has 0 aromatic heterocycles. The van der Waals surface area contributed by atoms with Crippen LogP contribution in [-0.2, 0) is 11.3 Å². The number of rotatable bonds is 4. The lowest BCUT2D eigenvalue weighted by Gasteiger charge is -2.15. The summed E-state index contributed by atoms with van der Waals surface area (Å²) >= 11 is 0. The Morgan fingerprint density at radius 3 is 2.50 bits per heavy atom. The zero-order chi connectivity index (χ0) is 13.1. The molecule has 98 valence electrons. The lowest BCUT2D eigenvalue weighted by molar-refractivity contribution is -0.144. The van der Waals surface area contributed by atoms with Crippen molar-refractivity contribution in [1.29, 1.82) is 0 Å². The maximum atomic E-state index is 12.8. The Kier molecular flexibility index (Phi) is 3.91. The van der Waals surface area contributed by atoms with E-state index in [9.17, 15) is 13.6 Å². The molecule has 5 heteroatoms. The van der Waals surface area contributed by atoms with E-state index in [1.165, 1.54) is 0 Å². The van der Waals surface area contributed by atoms with Gasteiger partial charge in [0.15, 0.2) is 0 Å². The summed E-state index contributed by atoms with van der Waals surface area (Å²) in [4.78, 5) is 12.7. The Morgan fingerprint density at radius 2 is 2.00 bits per heavy atom. The van der Waals surface area contributed by atoms with Gasteiger partial charge in [0.2, 0.25) is 6.43 Å². The minimum atomic E-state index is -2.58. The van der Waals surface area contributed by atoms with Crippen LogP contribution in [0.25, 0.3) is 0 Å². The second-order valence-corrected chi connectivity index (χ2v) is 4.62. The number of hydrogen-bond donors (Lipinski definition) is 1. The molecule has 1 aliphatic heterocycles. The highest BCUT2D eigenvalue weighted by Gasteiger charge is 2.42. The van der Waals surface area contributed by atoms with Gasteiger partial charge >= 0.3 is 5.97 Å². The number of alkyl halides is 2. The third kappa shape index (κ3) is 2.85. The highest BCUT2D eigenvalue weighted by Crippen LogP contribution is 2.29. The summed E-state index contributed by atoms with van der Waals surface area (Å²) in [7, 11) is 0. The molecule has 3 nitrogen and oxygen atoms in total. The first-order chi connectivity index (χ1) is 8.58. The first-order valence-corrected chi connectivity index (χ1v) is 5.85. The van der Waals surface area contributed by atoms with E-state index in [-0.39, 0.29) is 13.1 Å². The largest absolute Gasteiger partial charge is 0.481 e. The second kappa shape index (κ2) is 5.44. The van der Waals surface area contributed by atoms with E-state index < -0.39 is 24.2 Å². The summed E-state index contributed by atoms with van der Waals surface area (Å²) in [5.41, 5.74) is 1.01. The molecule has 0 bridgehead atoms. The molecule has 0 aliphatic carbocycles. The van der Waals surface area contributed by atoms with Crippen LogP contribution in [0, 0.1) is 11.8 Å². The van der Waals surface area contributed by atoms with Gasteiger partial charge in [-0.1, -0.05) is 30.3 Å². The number of carbonyl (C=O) groups is 1. The van der Waals surface area contributed by atoms with Gasteiger partial charge in [0.25, 0.3) is 0 Å². The van der Waals surface area contributed by atoms with Gasteiger partial charge in [0.05, 0.1) is 5.92 Å². The molecule has 1 aromatic carbocycles. The number of carboxylic acid groups (broad SMARTS) is 1. The van der Waals surface area contributed by atoms with Gasteiger partial charge < -0.3 is 5.11 Å². The van der Waals surface area contributed by atoms with Gasteiger partial charge in [-0.2, -0.15) is 0 Å². The maximum absolute atomic E-state index is 12.8. The Morgan fingerprint density at radius 1 is 1.33 bits per heavy atom. The van der Waals surface area contributed by atoms with Crippen LogP contribution in [0.4, 0.5) is 8.78 Å². The van der Waals surface area contributed by atoms with Crippen molar-refractivity contribution in [3.8, 4) is 0 Å². The zero-order valence-corrected chi connectivity index (χ0v) is 9.80. The molecule has 0 amide bonds. The molecule has 0 spiro atoms. The first kappa shape index (κ1) is 13.0. The highest BCUT2D eigenvalue weighted by atomic mass is 19.3. The smallest absolute Gasteiger partial charge is 0.308 e. The lowest BCUT2D eigenvalue weighted by Crippen LogP contribution is -2.27. The summed E-state index contributed by atoms with van der Waals surface area (Å²) in [6.07, 6.45) is -2.58. The summed E-state index contributed by atoms with van der Waals surface area (Å²) in [5, 5.41) is 8.96. The number of likely N-dealkylation sites (tertiary alicyclic amines) is 1. The summed E-state index contributed by atoms with van der Waals surface area (Å²) < 4.78 is 25.5. The molecule has 0 saturated carbocycles. The third-order valence-corrected chi connectivity index (χ3v) is 3.33. The van der Waals surface area contributed by atoms with Crippen LogP contribution in [0.5, 0.6) is 0 Å². The Labute approximate surface area is 104 Å². The molecule has 18 heavy (non-hydrogen) atoms. The van der Waals surface area contributed by atoms with Crippen LogP contribution < -0.4 is 0 Å². The average molecular weight is 255 g/mol. The van der Waals surface area contributed by atoms with Gasteiger partial charge in [-0.15, -0.1) is 0 Å². The van der Waals surface area contributed by atoms with Crippen molar-refractivity contribution in [3.63, 3.8) is 0 Å². The number of nitrogens with zero attached hydrogens (tertiary/aromatic N) is 1. The van der Waals surface area contributed by atoms with E-state index in [1.807, 2.05) is 30.3 Å². The van der Waals surface area contributed by atoms with E-state index in [4.69, 9.17) is 5.11 Å². The normalized spacial score (nSPS) is 24.6. The minimum Gasteiger partial charge on any atom is -0.481 e. The average Bonchev–Trinajstić information content (AvgIpc) is 2.74. The lowest BCUT2D eigenvalue weighted by atomic mass is 9.97. The van der Waals surface area contributed by atoms with Crippen molar-refractivity contribution in [3.05, 3.63) is 35.9 Å². The van der Waals surface area contributed by atoms with E-state index >= 15 is 0 Å². The summed E-state index contributed by atoms with van der Waals surface area (Å²) in [6.45, 7) is 0.858. The van der Waals surface area contributed by atoms with Crippen molar-refractivity contribution in [2.45, 2.75) is 13.0 Å². The Balaban J connectivity index is 2.03. The van der Waals surface area contributed by atoms with Crippen LogP contribution >= 0.6 is 0 Å². The molecular formula is C13H15F2NO2. The van der Waals surface area contributed by atoms with Crippen molar-refractivity contribution in [1.82, 2.24) is 4.90 Å². The van der Waals surface area contributed by atoms with E-state index in [0.29, 0.717) is 6.54 Å². The van der Waals surface area contributed by atoms with Gasteiger partial charge in [0, 0.05) is 25.6 Å². The predicted octanol–water partition coefficient (Wildman–Crippen LogP) is 2.08. The van der Waals surface area contributed by atoms with E-state index in [0.717, 1.165) is 5.56 Å². The number of aliphatic carboxylic acids is 1. The zero-order valence-electron chi connectivity index (χ0n) is 9.80. The van der Waals surface area contributed by atoms with Crippen LogP contribution in [0.2, 0.25) is 0 Å². The van der Waals surface area contributed by atoms with E-state index in [2.05, 4.69) is 0 Å². The van der Waals surface area contributed by atoms with E-state index in [1.54, 1.807) is 4.90 Å². The molecule has 2 rings (SSSR count). The topological polar surface area (TPSA) is 40.5 Å². The molecule has 2 atom stereocenters. The Hall–Kier alpha value is -1.49. The van der Waals surface area contributed by atoms with Gasteiger partial charge in [-0.05, 0) is 5.56 Å². The van der Waals surface area contributed by atoms with Crippen molar-refractivity contribution in [2.75, 3.05) is 13.1 Å². The molecule has 1 fully saturated rings. The van der Waals surface area contributed by atoms with Crippen molar-refractivity contribution >= 4 is 5.97 Å². The Bertz CT molecular complexity index is 411. The predicted molar refractivity (Wildman–Crippen MR) is 62.3 cm³/mol. The second-order valence-electron chi connectivity index (χ2n) is 4.62. The van der Waals surface area contributed by atoms with Crippen LogP contribution in [-0.4, -0.2) is 35.5 Å². The maximum Gasteiger partial charge on any atom is 0.308 e. The number of hydrogen-bond acceptors (Lipinski definition) is 2. The molecular weight excluding hydrogens is 240 g/mol. The minimum absolute atomic E-state index is 0.142. The van der Waals surface area contributed by atoms with Crippen LogP contribution in [0.15, 0.2) is 30.3 Å². The molecule has 1 saturated heterocycles. The molecule has 1 aromatic rings. The van der Waals surface area contributed by atoms with Gasteiger partial charge in [0.1, 0.15) is 0 Å². The van der Waals surface area contributed by atoms with Crippen LogP contribution in [0.1, 0.15) is 5.56 Å². The molecule has 0 unspecified atom stereocenters. The SMILES string of the molecule is O=C(O)[C@@H]1CN(Cc2ccccc2)C[C@H]1C(F)F. The quantitative estimate of drug-likeness (QED) is 0.895. The molecule has 1 N–H and O–H groups in total. The standard InChI is InChI=1S/C13H15F2NO2/c14-12(15)10-7-16(8-11(10)13(17)18)6-9-4-2-1-3-5-9/h1-5,10-12H,6-8H2,(H,17,18)/t10-,11-/m1/s1. The number of benzene rings is 1. The fraction of sp³-hybridized carbons (Fsp3) is 0.462. The molecule has 0 radical (unpaired) electrons. The number of carboxylic acids is 1. The fourth-order valence-electron chi connectivity index (χ4n) is 2.40. The molecule has 1 aliphatic rings. The van der Waals surface area contributed by atoms with Crippen molar-refractivity contribution in [2.24, 2.45) is 11.8 Å². The summed E-state index contributed by atoms with van der Waals surface area (Å²) in [5.74, 6) is -3.16. The highest BCUT2D eigenvalue weighted by molar-refractivity contribution is 5.71.